The Kier molecular flexibility index (Phi) is 4.43. The van der Waals surface area contributed by atoms with E-state index in [-0.39, 0.29) is 23.4 Å². The highest BCUT2D eigenvalue weighted by Gasteiger charge is 2.18. The molecule has 2 aromatic heterocycles. The first-order chi connectivity index (χ1) is 13.5. The van der Waals surface area contributed by atoms with Gasteiger partial charge in [-0.15, -0.1) is 10.2 Å². The van der Waals surface area contributed by atoms with E-state index in [4.69, 9.17) is 0 Å². The number of azo groups is 1. The summed E-state index contributed by atoms with van der Waals surface area (Å²) in [5, 5.41) is 20.6. The highest BCUT2D eigenvalue weighted by molar-refractivity contribution is 5.95. The van der Waals surface area contributed by atoms with E-state index in [1.54, 1.807) is 12.1 Å². The number of para-hydroxylation sites is 2. The zero-order valence-corrected chi connectivity index (χ0v) is 16.0. The maximum absolute atomic E-state index is 12.7. The average Bonchev–Trinajstić information content (AvgIpc) is 2.98. The second kappa shape index (κ2) is 6.92. The van der Waals surface area contributed by atoms with Crippen LogP contribution >= 0.6 is 0 Å². The molecule has 0 unspecified atom stereocenters. The Morgan fingerprint density at radius 2 is 1.71 bits per heavy atom. The van der Waals surface area contributed by atoms with Crippen LogP contribution < -0.4 is 5.56 Å². The molecule has 142 valence electrons. The van der Waals surface area contributed by atoms with Gasteiger partial charge < -0.3 is 9.67 Å². The molecule has 0 aliphatic heterocycles. The highest BCUT2D eigenvalue weighted by Crippen LogP contribution is 2.41. The molecule has 4 aromatic rings. The van der Waals surface area contributed by atoms with Crippen molar-refractivity contribution in [2.24, 2.45) is 10.2 Å². The van der Waals surface area contributed by atoms with Gasteiger partial charge >= 0.3 is 0 Å². The Hall–Kier alpha value is -3.48. The standard InChI is InChI=1S/C21H21N5O2/c1-4-25-19(27)14-9-5-7-11-16(14)22-21(25)24-23-18-15-10-6-8-12-17(15)26(13(2)3)20(18)28/h5-13,28H,4H2,1-3H3. The van der Waals surface area contributed by atoms with E-state index in [1.165, 1.54) is 4.57 Å². The molecule has 28 heavy (non-hydrogen) atoms. The number of rotatable bonds is 4. The molecule has 0 atom stereocenters. The first-order valence-electron chi connectivity index (χ1n) is 9.26. The Morgan fingerprint density at radius 3 is 2.43 bits per heavy atom. The lowest BCUT2D eigenvalue weighted by atomic mass is 10.2. The van der Waals surface area contributed by atoms with Gasteiger partial charge in [-0.1, -0.05) is 30.3 Å². The largest absolute Gasteiger partial charge is 0.493 e. The smallest absolute Gasteiger partial charge is 0.262 e. The summed E-state index contributed by atoms with van der Waals surface area (Å²) in [6.45, 7) is 6.27. The van der Waals surface area contributed by atoms with E-state index in [9.17, 15) is 9.90 Å². The molecule has 0 aliphatic carbocycles. The molecule has 0 amide bonds. The van der Waals surface area contributed by atoms with E-state index < -0.39 is 0 Å². The Morgan fingerprint density at radius 1 is 1.04 bits per heavy atom. The zero-order valence-electron chi connectivity index (χ0n) is 16.0. The fraction of sp³-hybridized carbons (Fsp3) is 0.238. The van der Waals surface area contributed by atoms with Gasteiger partial charge in [0.1, 0.15) is 0 Å². The molecular formula is C21H21N5O2. The van der Waals surface area contributed by atoms with Gasteiger partial charge in [0.15, 0.2) is 5.69 Å². The summed E-state index contributed by atoms with van der Waals surface area (Å²) in [5.74, 6) is 0.262. The number of nitrogens with zero attached hydrogens (tertiary/aromatic N) is 5. The number of hydrogen-bond donors (Lipinski definition) is 1. The first kappa shape index (κ1) is 17.9. The normalized spacial score (nSPS) is 12.0. The third-order valence-corrected chi connectivity index (χ3v) is 4.77. The number of aromatic hydroxyl groups is 1. The highest BCUT2D eigenvalue weighted by atomic mass is 16.3. The van der Waals surface area contributed by atoms with Gasteiger partial charge in [0.05, 0.1) is 16.4 Å². The summed E-state index contributed by atoms with van der Waals surface area (Å²) in [6, 6.07) is 14.9. The minimum atomic E-state index is -0.157. The monoisotopic (exact) mass is 375 g/mol. The molecule has 0 aliphatic rings. The van der Waals surface area contributed by atoms with E-state index in [2.05, 4.69) is 15.2 Å². The van der Waals surface area contributed by atoms with Crippen molar-refractivity contribution in [1.82, 2.24) is 14.1 Å². The van der Waals surface area contributed by atoms with Crippen molar-refractivity contribution in [3.8, 4) is 5.88 Å². The number of hydrogen-bond acceptors (Lipinski definition) is 5. The maximum Gasteiger partial charge on any atom is 0.262 e. The van der Waals surface area contributed by atoms with E-state index in [1.807, 2.05) is 61.7 Å². The van der Waals surface area contributed by atoms with Crippen LogP contribution in [-0.4, -0.2) is 19.2 Å². The second-order valence-corrected chi connectivity index (χ2v) is 6.83. The van der Waals surface area contributed by atoms with Crippen LogP contribution in [0.2, 0.25) is 0 Å². The Bertz CT molecular complexity index is 1270. The first-order valence-corrected chi connectivity index (χ1v) is 9.26. The summed E-state index contributed by atoms with van der Waals surface area (Å²) in [5.41, 5.74) is 1.66. The molecule has 1 N–H and O–H groups in total. The van der Waals surface area contributed by atoms with Crippen LogP contribution in [0.25, 0.3) is 21.8 Å². The fourth-order valence-corrected chi connectivity index (χ4v) is 3.47. The van der Waals surface area contributed by atoms with Gasteiger partial charge in [0, 0.05) is 18.0 Å². The molecular weight excluding hydrogens is 354 g/mol. The van der Waals surface area contributed by atoms with Gasteiger partial charge in [-0.3, -0.25) is 9.36 Å². The predicted molar refractivity (Wildman–Crippen MR) is 110 cm³/mol. The van der Waals surface area contributed by atoms with Gasteiger partial charge in [-0.25, -0.2) is 4.98 Å². The fourth-order valence-electron chi connectivity index (χ4n) is 3.47. The second-order valence-electron chi connectivity index (χ2n) is 6.83. The lowest BCUT2D eigenvalue weighted by molar-refractivity contribution is 0.407. The minimum Gasteiger partial charge on any atom is -0.493 e. The van der Waals surface area contributed by atoms with Crippen LogP contribution in [0.1, 0.15) is 26.8 Å². The van der Waals surface area contributed by atoms with Crippen molar-refractivity contribution in [1.29, 1.82) is 0 Å². The Labute approximate surface area is 161 Å². The number of fused-ring (bicyclic) bond motifs is 2. The third kappa shape index (κ3) is 2.76. The van der Waals surface area contributed by atoms with Crippen LogP contribution in [0.3, 0.4) is 0 Å². The number of aromatic nitrogens is 3. The van der Waals surface area contributed by atoms with E-state index in [0.29, 0.717) is 23.1 Å². The lowest BCUT2D eigenvalue weighted by Gasteiger charge is -2.10. The molecule has 4 rings (SSSR count). The Balaban J connectivity index is 1.91. The summed E-state index contributed by atoms with van der Waals surface area (Å²) in [7, 11) is 0. The molecule has 0 saturated carbocycles. The van der Waals surface area contributed by atoms with Crippen molar-refractivity contribution in [2.75, 3.05) is 0 Å². The molecule has 0 spiro atoms. The molecule has 0 bridgehead atoms. The van der Waals surface area contributed by atoms with Gasteiger partial charge in [0.2, 0.25) is 5.88 Å². The summed E-state index contributed by atoms with van der Waals surface area (Å²) < 4.78 is 3.29. The van der Waals surface area contributed by atoms with Crippen LogP contribution in [0.4, 0.5) is 11.6 Å². The zero-order chi connectivity index (χ0) is 19.8. The van der Waals surface area contributed by atoms with E-state index in [0.717, 1.165) is 10.9 Å². The third-order valence-electron chi connectivity index (χ3n) is 4.77. The van der Waals surface area contributed by atoms with Gasteiger partial charge in [-0.2, -0.15) is 0 Å². The van der Waals surface area contributed by atoms with E-state index >= 15 is 0 Å². The topological polar surface area (TPSA) is 84.8 Å². The van der Waals surface area contributed by atoms with Crippen molar-refractivity contribution in [2.45, 2.75) is 33.4 Å². The van der Waals surface area contributed by atoms with Crippen molar-refractivity contribution in [3.63, 3.8) is 0 Å². The average molecular weight is 375 g/mol. The molecule has 7 heteroatoms. The molecule has 2 heterocycles. The summed E-state index contributed by atoms with van der Waals surface area (Å²) in [4.78, 5) is 17.2. The van der Waals surface area contributed by atoms with Gasteiger partial charge in [-0.05, 0) is 39.0 Å². The van der Waals surface area contributed by atoms with Crippen LogP contribution in [0, 0.1) is 0 Å². The SMILES string of the molecule is CCn1c(N=Nc2c(O)n(C(C)C)c3ccccc23)nc2ccccc2c1=O. The van der Waals surface area contributed by atoms with Crippen molar-refractivity contribution >= 4 is 33.4 Å². The predicted octanol–water partition coefficient (Wildman–Crippen LogP) is 5.07. The number of benzene rings is 2. The molecule has 0 fully saturated rings. The van der Waals surface area contributed by atoms with Crippen LogP contribution in [0.5, 0.6) is 5.88 Å². The molecule has 0 saturated heterocycles. The minimum absolute atomic E-state index is 0.0473. The van der Waals surface area contributed by atoms with Crippen LogP contribution in [0.15, 0.2) is 63.6 Å². The van der Waals surface area contributed by atoms with Gasteiger partial charge in [0.25, 0.3) is 11.5 Å². The quantitative estimate of drug-likeness (QED) is 0.505. The van der Waals surface area contributed by atoms with Crippen molar-refractivity contribution < 1.29 is 5.11 Å². The molecule has 7 nitrogen and oxygen atoms in total. The maximum atomic E-state index is 12.7. The molecule has 0 radical (unpaired) electrons. The van der Waals surface area contributed by atoms with Crippen molar-refractivity contribution in [3.05, 3.63) is 58.9 Å². The molecule has 2 aromatic carbocycles. The lowest BCUT2D eigenvalue weighted by Crippen LogP contribution is -2.20. The van der Waals surface area contributed by atoms with Crippen LogP contribution in [-0.2, 0) is 6.54 Å². The summed E-state index contributed by atoms with van der Waals surface area (Å²) >= 11 is 0. The summed E-state index contributed by atoms with van der Waals surface area (Å²) in [6.07, 6.45) is 0.